The lowest BCUT2D eigenvalue weighted by molar-refractivity contribution is -0.123. The van der Waals surface area contributed by atoms with Gasteiger partial charge in [-0.05, 0) is 63.4 Å². The summed E-state index contributed by atoms with van der Waals surface area (Å²) in [4.78, 5) is 26.2. The standard InChI is InChI=1S/C20H29F3N4O3/c1-14-6-7-15(18(29)25-13-20(21,22)23)11-17(14)26-19(30)24-8-2-3-9-27-10-4-5-16(27)12-28/h6-7,11,16,28H,2-5,8-10,12-13H2,1H3,(H,25,29)(H2,24,26,30). The number of aryl methyl sites for hydroxylation is 1. The topological polar surface area (TPSA) is 93.7 Å². The number of halogens is 3. The molecule has 1 saturated heterocycles. The predicted molar refractivity (Wildman–Crippen MR) is 108 cm³/mol. The number of hydrogen-bond acceptors (Lipinski definition) is 4. The molecule has 4 N–H and O–H groups in total. The highest BCUT2D eigenvalue weighted by Gasteiger charge is 2.28. The number of hydrogen-bond donors (Lipinski definition) is 4. The van der Waals surface area contributed by atoms with Crippen LogP contribution in [-0.4, -0.2) is 66.9 Å². The van der Waals surface area contributed by atoms with Gasteiger partial charge in [0.25, 0.3) is 5.91 Å². The van der Waals surface area contributed by atoms with Gasteiger partial charge in [0.1, 0.15) is 6.54 Å². The molecule has 168 valence electrons. The molecule has 0 aliphatic carbocycles. The van der Waals surface area contributed by atoms with E-state index in [1.54, 1.807) is 18.3 Å². The van der Waals surface area contributed by atoms with Crippen molar-refractivity contribution >= 4 is 17.6 Å². The van der Waals surface area contributed by atoms with Gasteiger partial charge in [-0.15, -0.1) is 0 Å². The van der Waals surface area contributed by atoms with Crippen molar-refractivity contribution in [3.05, 3.63) is 29.3 Å². The van der Waals surface area contributed by atoms with Crippen LogP contribution in [0.15, 0.2) is 18.2 Å². The van der Waals surface area contributed by atoms with E-state index in [9.17, 15) is 27.9 Å². The lowest BCUT2D eigenvalue weighted by Gasteiger charge is -2.22. The number of carbonyl (C=O) groups is 2. The molecule has 0 saturated carbocycles. The maximum atomic E-state index is 12.3. The van der Waals surface area contributed by atoms with E-state index in [0.29, 0.717) is 17.8 Å². The normalized spacial score (nSPS) is 17.0. The summed E-state index contributed by atoms with van der Waals surface area (Å²) in [6, 6.07) is 4.11. The number of likely N-dealkylation sites (tertiary alicyclic amines) is 1. The Balaban J connectivity index is 1.75. The molecule has 3 amide bonds. The zero-order valence-corrected chi connectivity index (χ0v) is 17.0. The van der Waals surface area contributed by atoms with Crippen LogP contribution in [0.4, 0.5) is 23.7 Å². The fourth-order valence-corrected chi connectivity index (χ4v) is 3.39. The van der Waals surface area contributed by atoms with E-state index in [2.05, 4.69) is 15.5 Å². The van der Waals surface area contributed by atoms with Gasteiger partial charge in [-0.1, -0.05) is 6.07 Å². The zero-order chi connectivity index (χ0) is 22.1. The number of benzene rings is 1. The lowest BCUT2D eigenvalue weighted by atomic mass is 10.1. The Kier molecular flexibility index (Phi) is 8.91. The first-order valence-corrected chi connectivity index (χ1v) is 10.0. The molecule has 1 fully saturated rings. The number of amides is 3. The van der Waals surface area contributed by atoms with Crippen LogP contribution in [0.1, 0.15) is 41.6 Å². The first-order chi connectivity index (χ1) is 14.2. The van der Waals surface area contributed by atoms with Crippen molar-refractivity contribution in [2.75, 3.05) is 38.1 Å². The van der Waals surface area contributed by atoms with Crippen molar-refractivity contribution in [2.24, 2.45) is 0 Å². The van der Waals surface area contributed by atoms with Crippen LogP contribution in [0.5, 0.6) is 0 Å². The van der Waals surface area contributed by atoms with Gasteiger partial charge in [0.2, 0.25) is 0 Å². The number of rotatable bonds is 9. The highest BCUT2D eigenvalue weighted by molar-refractivity contribution is 5.97. The molecule has 1 heterocycles. The first-order valence-electron chi connectivity index (χ1n) is 10.0. The van der Waals surface area contributed by atoms with E-state index in [-0.39, 0.29) is 18.2 Å². The minimum atomic E-state index is -4.49. The Hall–Kier alpha value is -2.33. The molecule has 0 spiro atoms. The minimum absolute atomic E-state index is 0.0317. The van der Waals surface area contributed by atoms with Crippen molar-refractivity contribution in [1.29, 1.82) is 0 Å². The van der Waals surface area contributed by atoms with Gasteiger partial charge in [-0.3, -0.25) is 9.69 Å². The van der Waals surface area contributed by atoms with Crippen molar-refractivity contribution in [1.82, 2.24) is 15.5 Å². The number of nitrogens with zero attached hydrogens (tertiary/aromatic N) is 1. The summed E-state index contributed by atoms with van der Waals surface area (Å²) in [6.07, 6.45) is -0.705. The largest absolute Gasteiger partial charge is 0.405 e. The van der Waals surface area contributed by atoms with Crippen LogP contribution in [-0.2, 0) is 0 Å². The third-order valence-corrected chi connectivity index (χ3v) is 5.06. The highest BCUT2D eigenvalue weighted by atomic mass is 19.4. The number of anilines is 1. The summed E-state index contributed by atoms with van der Waals surface area (Å²) in [5, 5.41) is 16.5. The van der Waals surface area contributed by atoms with Crippen LogP contribution < -0.4 is 16.0 Å². The summed E-state index contributed by atoms with van der Waals surface area (Å²) in [7, 11) is 0. The van der Waals surface area contributed by atoms with Gasteiger partial charge in [-0.2, -0.15) is 13.2 Å². The molecule has 10 heteroatoms. The van der Waals surface area contributed by atoms with E-state index in [0.717, 1.165) is 38.8 Å². The average Bonchev–Trinajstić information content (AvgIpc) is 3.14. The Bertz CT molecular complexity index is 728. The third kappa shape index (κ3) is 7.83. The second kappa shape index (κ2) is 11.2. The zero-order valence-electron chi connectivity index (χ0n) is 17.0. The number of alkyl halides is 3. The average molecular weight is 430 g/mol. The van der Waals surface area contributed by atoms with Crippen LogP contribution >= 0.6 is 0 Å². The Morgan fingerprint density at radius 3 is 2.70 bits per heavy atom. The van der Waals surface area contributed by atoms with Crippen molar-refractivity contribution in [2.45, 2.75) is 44.8 Å². The Labute approximate surface area is 174 Å². The maximum absolute atomic E-state index is 12.3. The lowest BCUT2D eigenvalue weighted by Crippen LogP contribution is -2.34. The minimum Gasteiger partial charge on any atom is -0.395 e. The van der Waals surface area contributed by atoms with Gasteiger partial charge in [0, 0.05) is 23.8 Å². The molecule has 1 aromatic rings. The van der Waals surface area contributed by atoms with Crippen molar-refractivity contribution in [3.63, 3.8) is 0 Å². The van der Waals surface area contributed by atoms with E-state index in [1.807, 2.05) is 0 Å². The molecule has 0 radical (unpaired) electrons. The number of urea groups is 1. The first kappa shape index (κ1) is 23.9. The van der Waals surface area contributed by atoms with Crippen LogP contribution in [0.25, 0.3) is 0 Å². The molecule has 1 aromatic carbocycles. The molecule has 0 aromatic heterocycles. The summed E-state index contributed by atoms with van der Waals surface area (Å²) < 4.78 is 36.8. The SMILES string of the molecule is Cc1ccc(C(=O)NCC(F)(F)F)cc1NC(=O)NCCCCN1CCCC1CO. The third-order valence-electron chi connectivity index (χ3n) is 5.06. The second-order valence-electron chi connectivity index (χ2n) is 7.43. The molecule has 0 bridgehead atoms. The number of carbonyl (C=O) groups excluding carboxylic acids is 2. The predicted octanol–water partition coefficient (Wildman–Crippen LogP) is 2.65. The van der Waals surface area contributed by atoms with E-state index in [1.165, 1.54) is 12.1 Å². The molecular formula is C20H29F3N4O3. The van der Waals surface area contributed by atoms with Gasteiger partial charge >= 0.3 is 12.2 Å². The highest BCUT2D eigenvalue weighted by Crippen LogP contribution is 2.18. The number of aliphatic hydroxyl groups is 1. The molecule has 1 unspecified atom stereocenters. The van der Waals surface area contributed by atoms with Crippen LogP contribution in [0.3, 0.4) is 0 Å². The van der Waals surface area contributed by atoms with Crippen LogP contribution in [0, 0.1) is 6.92 Å². The molecule has 30 heavy (non-hydrogen) atoms. The maximum Gasteiger partial charge on any atom is 0.405 e. The monoisotopic (exact) mass is 430 g/mol. The Morgan fingerprint density at radius 2 is 2.00 bits per heavy atom. The molecule has 7 nitrogen and oxygen atoms in total. The number of nitrogens with one attached hydrogen (secondary N) is 3. The van der Waals surface area contributed by atoms with Crippen molar-refractivity contribution in [3.8, 4) is 0 Å². The number of aliphatic hydroxyl groups excluding tert-OH is 1. The fraction of sp³-hybridized carbons (Fsp3) is 0.600. The number of unbranched alkanes of at least 4 members (excludes halogenated alkanes) is 1. The van der Waals surface area contributed by atoms with Crippen molar-refractivity contribution < 1.29 is 27.9 Å². The van der Waals surface area contributed by atoms with Gasteiger partial charge < -0.3 is 21.1 Å². The van der Waals surface area contributed by atoms with Gasteiger partial charge in [-0.25, -0.2) is 4.79 Å². The molecule has 2 rings (SSSR count). The second-order valence-corrected chi connectivity index (χ2v) is 7.43. The summed E-state index contributed by atoms with van der Waals surface area (Å²) in [5.74, 6) is -0.862. The fourth-order valence-electron chi connectivity index (χ4n) is 3.39. The quantitative estimate of drug-likeness (QED) is 0.453. The molecule has 1 atom stereocenters. The van der Waals surface area contributed by atoms with E-state index < -0.39 is 24.7 Å². The summed E-state index contributed by atoms with van der Waals surface area (Å²) in [6.45, 7) is 2.82. The molecular weight excluding hydrogens is 401 g/mol. The van der Waals surface area contributed by atoms with Crippen LogP contribution in [0.2, 0.25) is 0 Å². The van der Waals surface area contributed by atoms with Gasteiger partial charge in [0.05, 0.1) is 6.61 Å². The van der Waals surface area contributed by atoms with E-state index >= 15 is 0 Å². The summed E-state index contributed by atoms with van der Waals surface area (Å²) in [5.41, 5.74) is 1.07. The molecule has 1 aliphatic heterocycles. The summed E-state index contributed by atoms with van der Waals surface area (Å²) >= 11 is 0. The van der Waals surface area contributed by atoms with E-state index in [4.69, 9.17) is 0 Å². The molecule has 1 aliphatic rings. The smallest absolute Gasteiger partial charge is 0.395 e. The van der Waals surface area contributed by atoms with Gasteiger partial charge in [0.15, 0.2) is 0 Å². The Morgan fingerprint density at radius 1 is 1.23 bits per heavy atom.